The largest absolute Gasteiger partial charge is 0.271 e. The highest BCUT2D eigenvalue weighted by Crippen LogP contribution is 2.36. The van der Waals surface area contributed by atoms with Crippen molar-refractivity contribution in [3.63, 3.8) is 0 Å². The van der Waals surface area contributed by atoms with Crippen LogP contribution in [0.1, 0.15) is 57.3 Å². The van der Waals surface area contributed by atoms with E-state index in [9.17, 15) is 0 Å². The first-order valence-electron chi connectivity index (χ1n) is 6.32. The van der Waals surface area contributed by atoms with Crippen molar-refractivity contribution in [1.82, 2.24) is 15.2 Å². The molecule has 0 aliphatic heterocycles. The van der Waals surface area contributed by atoms with Crippen LogP contribution in [0, 0.1) is 5.92 Å². The van der Waals surface area contributed by atoms with Crippen molar-refractivity contribution >= 4 is 15.9 Å². The zero-order valence-electron chi connectivity index (χ0n) is 10.5. The van der Waals surface area contributed by atoms with Gasteiger partial charge >= 0.3 is 0 Å². The van der Waals surface area contributed by atoms with Crippen LogP contribution < -0.4 is 11.3 Å². The van der Waals surface area contributed by atoms with Crippen molar-refractivity contribution in [1.29, 1.82) is 0 Å². The van der Waals surface area contributed by atoms with E-state index in [2.05, 4.69) is 40.3 Å². The number of rotatable bonds is 5. The minimum atomic E-state index is 0.194. The summed E-state index contributed by atoms with van der Waals surface area (Å²) in [5.74, 6) is 6.54. The summed E-state index contributed by atoms with van der Waals surface area (Å²) in [6.45, 7) is 4.28. The van der Waals surface area contributed by atoms with Gasteiger partial charge in [0.15, 0.2) is 0 Å². The van der Waals surface area contributed by atoms with Crippen molar-refractivity contribution in [2.75, 3.05) is 0 Å². The summed E-state index contributed by atoms with van der Waals surface area (Å²) in [5, 5.41) is 4.41. The normalized spacial score (nSPS) is 18.4. The molecular formula is C12H21BrN4. The molecule has 0 saturated heterocycles. The van der Waals surface area contributed by atoms with Crippen LogP contribution in [0.5, 0.6) is 0 Å². The highest BCUT2D eigenvalue weighted by atomic mass is 79.9. The molecule has 1 saturated carbocycles. The molecule has 1 fully saturated rings. The van der Waals surface area contributed by atoms with Crippen LogP contribution in [0.3, 0.4) is 0 Å². The summed E-state index contributed by atoms with van der Waals surface area (Å²) in [5.41, 5.74) is 4.12. The quantitative estimate of drug-likeness (QED) is 0.649. The average Bonchev–Trinajstić information content (AvgIpc) is 2.60. The summed E-state index contributed by atoms with van der Waals surface area (Å²) in [7, 11) is 0. The molecule has 1 aromatic heterocycles. The molecule has 1 atom stereocenters. The van der Waals surface area contributed by atoms with E-state index in [1.54, 1.807) is 0 Å². The molecule has 0 amide bonds. The fourth-order valence-corrected chi connectivity index (χ4v) is 2.96. The topological polar surface area (TPSA) is 55.9 Å². The lowest BCUT2D eigenvalue weighted by Gasteiger charge is -2.30. The Morgan fingerprint density at radius 3 is 2.76 bits per heavy atom. The van der Waals surface area contributed by atoms with Gasteiger partial charge in [-0.25, -0.2) is 0 Å². The third-order valence-electron chi connectivity index (χ3n) is 3.60. The molecule has 3 N–H and O–H groups in total. The number of aromatic nitrogens is 2. The Bertz CT molecular complexity index is 371. The van der Waals surface area contributed by atoms with Gasteiger partial charge in [0.05, 0.1) is 22.4 Å². The van der Waals surface area contributed by atoms with Gasteiger partial charge in [-0.2, -0.15) is 5.10 Å². The SMILES string of the molecule is CC(C)n1ncc(Br)c1C(CC1CCC1)NN. The number of hydrazine groups is 1. The predicted molar refractivity (Wildman–Crippen MR) is 72.3 cm³/mol. The zero-order valence-corrected chi connectivity index (χ0v) is 12.1. The third kappa shape index (κ3) is 2.72. The minimum absolute atomic E-state index is 0.194. The predicted octanol–water partition coefficient (Wildman–Crippen LogP) is 2.92. The molecule has 0 bridgehead atoms. The molecule has 2 rings (SSSR count). The lowest BCUT2D eigenvalue weighted by Crippen LogP contribution is -2.33. The second-order valence-corrected chi connectivity index (χ2v) is 6.02. The molecule has 1 aliphatic rings. The zero-order chi connectivity index (χ0) is 12.4. The Hall–Kier alpha value is -0.390. The van der Waals surface area contributed by atoms with Crippen molar-refractivity contribution in [3.8, 4) is 0 Å². The van der Waals surface area contributed by atoms with Gasteiger partial charge in [0, 0.05) is 6.04 Å². The van der Waals surface area contributed by atoms with E-state index >= 15 is 0 Å². The van der Waals surface area contributed by atoms with Gasteiger partial charge in [0.1, 0.15) is 0 Å². The third-order valence-corrected chi connectivity index (χ3v) is 4.21. The van der Waals surface area contributed by atoms with E-state index in [4.69, 9.17) is 5.84 Å². The van der Waals surface area contributed by atoms with Crippen molar-refractivity contribution in [2.45, 2.75) is 51.6 Å². The molecule has 1 aliphatic carbocycles. The molecule has 0 spiro atoms. The fraction of sp³-hybridized carbons (Fsp3) is 0.750. The minimum Gasteiger partial charge on any atom is -0.271 e. The summed E-state index contributed by atoms with van der Waals surface area (Å²) in [6, 6.07) is 0.549. The first kappa shape index (κ1) is 13.1. The van der Waals surface area contributed by atoms with Crippen LogP contribution in [0.2, 0.25) is 0 Å². The van der Waals surface area contributed by atoms with Crippen LogP contribution in [0.4, 0.5) is 0 Å². The second-order valence-electron chi connectivity index (χ2n) is 5.17. The molecule has 0 radical (unpaired) electrons. The lowest BCUT2D eigenvalue weighted by molar-refractivity contribution is 0.254. The maximum absolute atomic E-state index is 5.72. The van der Waals surface area contributed by atoms with Crippen LogP contribution in [0.15, 0.2) is 10.7 Å². The molecular weight excluding hydrogens is 280 g/mol. The van der Waals surface area contributed by atoms with Crippen molar-refractivity contribution < 1.29 is 0 Å². The van der Waals surface area contributed by atoms with Gasteiger partial charge in [0.2, 0.25) is 0 Å². The van der Waals surface area contributed by atoms with Gasteiger partial charge in [-0.1, -0.05) is 19.3 Å². The van der Waals surface area contributed by atoms with Gasteiger partial charge in [-0.3, -0.25) is 16.0 Å². The van der Waals surface area contributed by atoms with Crippen LogP contribution in [-0.2, 0) is 0 Å². The number of nitrogens with two attached hydrogens (primary N) is 1. The first-order chi connectivity index (χ1) is 8.13. The highest BCUT2D eigenvalue weighted by molar-refractivity contribution is 9.10. The Morgan fingerprint density at radius 1 is 1.59 bits per heavy atom. The maximum Gasteiger partial charge on any atom is 0.0712 e. The standard InChI is InChI=1S/C12H21BrN4/c1-8(2)17-12(10(13)7-15-17)11(16-14)6-9-4-3-5-9/h7-9,11,16H,3-6,14H2,1-2H3. The van der Waals surface area contributed by atoms with Gasteiger partial charge in [-0.05, 0) is 42.1 Å². The molecule has 17 heavy (non-hydrogen) atoms. The van der Waals surface area contributed by atoms with E-state index in [1.807, 2.05) is 10.9 Å². The first-order valence-corrected chi connectivity index (χ1v) is 7.11. The summed E-state index contributed by atoms with van der Waals surface area (Å²) >= 11 is 3.58. The lowest BCUT2D eigenvalue weighted by atomic mass is 9.80. The molecule has 96 valence electrons. The summed E-state index contributed by atoms with van der Waals surface area (Å²) in [4.78, 5) is 0. The van der Waals surface area contributed by atoms with Crippen molar-refractivity contribution in [3.05, 3.63) is 16.4 Å². The van der Waals surface area contributed by atoms with E-state index in [-0.39, 0.29) is 6.04 Å². The molecule has 1 aromatic rings. The second kappa shape index (κ2) is 5.50. The van der Waals surface area contributed by atoms with Gasteiger partial charge in [0.25, 0.3) is 0 Å². The van der Waals surface area contributed by atoms with Crippen LogP contribution in [0.25, 0.3) is 0 Å². The maximum atomic E-state index is 5.72. The number of nitrogens with zero attached hydrogens (tertiary/aromatic N) is 2. The number of halogens is 1. The monoisotopic (exact) mass is 300 g/mol. The Kier molecular flexibility index (Phi) is 4.22. The Balaban J connectivity index is 2.19. The fourth-order valence-electron chi connectivity index (χ4n) is 2.41. The number of hydrogen-bond donors (Lipinski definition) is 2. The Labute approximate surface area is 111 Å². The van der Waals surface area contributed by atoms with Crippen molar-refractivity contribution in [2.24, 2.45) is 11.8 Å². The number of nitrogens with one attached hydrogen (secondary N) is 1. The average molecular weight is 301 g/mol. The Morgan fingerprint density at radius 2 is 2.29 bits per heavy atom. The van der Waals surface area contributed by atoms with E-state index in [1.165, 1.54) is 25.0 Å². The molecule has 5 heteroatoms. The molecule has 1 unspecified atom stereocenters. The van der Waals surface area contributed by atoms with E-state index in [0.717, 1.165) is 16.8 Å². The van der Waals surface area contributed by atoms with E-state index < -0.39 is 0 Å². The van der Waals surface area contributed by atoms with Gasteiger partial charge < -0.3 is 0 Å². The van der Waals surface area contributed by atoms with Gasteiger partial charge in [-0.15, -0.1) is 0 Å². The molecule has 1 heterocycles. The van der Waals surface area contributed by atoms with Crippen LogP contribution in [-0.4, -0.2) is 9.78 Å². The highest BCUT2D eigenvalue weighted by Gasteiger charge is 2.26. The molecule has 0 aromatic carbocycles. The number of hydrogen-bond acceptors (Lipinski definition) is 3. The smallest absolute Gasteiger partial charge is 0.0712 e. The van der Waals surface area contributed by atoms with Crippen LogP contribution >= 0.6 is 15.9 Å². The summed E-state index contributed by atoms with van der Waals surface area (Å²) in [6.07, 6.45) is 7.01. The molecule has 4 nitrogen and oxygen atoms in total. The summed E-state index contributed by atoms with van der Waals surface area (Å²) < 4.78 is 3.10. The van der Waals surface area contributed by atoms with E-state index in [0.29, 0.717) is 6.04 Å².